The lowest BCUT2D eigenvalue weighted by Gasteiger charge is -2.32. The van der Waals surface area contributed by atoms with Gasteiger partial charge in [-0.3, -0.25) is 0 Å². The third-order valence-electron chi connectivity index (χ3n) is 2.55. The highest BCUT2D eigenvalue weighted by Crippen LogP contribution is 2.20. The fraction of sp³-hybridized carbons (Fsp3) is 0.636. The van der Waals surface area contributed by atoms with Crippen LogP contribution in [0, 0.1) is 5.92 Å². The van der Waals surface area contributed by atoms with E-state index in [4.69, 9.17) is 5.73 Å². The molecule has 2 heterocycles. The molecular weight excluding hydrogens is 188 g/mol. The summed E-state index contributed by atoms with van der Waals surface area (Å²) in [6.07, 6.45) is 2.15. The summed E-state index contributed by atoms with van der Waals surface area (Å²) in [4.78, 5) is 11.0. The summed E-state index contributed by atoms with van der Waals surface area (Å²) in [7, 11) is 0. The van der Waals surface area contributed by atoms with Crippen molar-refractivity contribution in [1.82, 2.24) is 9.97 Å². The van der Waals surface area contributed by atoms with Gasteiger partial charge in [-0.15, -0.1) is 0 Å². The van der Waals surface area contributed by atoms with Gasteiger partial charge in [0.15, 0.2) is 0 Å². The minimum atomic E-state index is 0.566. The van der Waals surface area contributed by atoms with Crippen molar-refractivity contribution in [1.29, 1.82) is 0 Å². The van der Waals surface area contributed by atoms with Gasteiger partial charge in [-0.05, 0) is 12.3 Å². The molecule has 0 atom stereocenters. The second kappa shape index (κ2) is 4.04. The number of nitrogens with zero attached hydrogens (tertiary/aromatic N) is 3. The Morgan fingerprint density at radius 3 is 2.67 bits per heavy atom. The van der Waals surface area contributed by atoms with Crippen molar-refractivity contribution in [2.24, 2.45) is 5.92 Å². The smallest absolute Gasteiger partial charge is 0.134 e. The highest BCUT2D eigenvalue weighted by Gasteiger charge is 2.17. The zero-order valence-corrected chi connectivity index (χ0v) is 9.40. The Kier molecular flexibility index (Phi) is 2.75. The molecule has 0 aliphatic carbocycles. The van der Waals surface area contributed by atoms with Crippen LogP contribution in [0.5, 0.6) is 0 Å². The summed E-state index contributed by atoms with van der Waals surface area (Å²) in [5.41, 5.74) is 5.77. The molecule has 0 bridgehead atoms. The van der Waals surface area contributed by atoms with Gasteiger partial charge in [-0.25, -0.2) is 9.97 Å². The van der Waals surface area contributed by atoms with Gasteiger partial charge in [0.2, 0.25) is 0 Å². The second-order valence-electron chi connectivity index (χ2n) is 4.51. The van der Waals surface area contributed by atoms with Gasteiger partial charge < -0.3 is 10.6 Å². The van der Waals surface area contributed by atoms with Crippen LogP contribution in [0.15, 0.2) is 6.07 Å². The number of nitrogen functional groups attached to an aromatic ring is 1. The molecule has 82 valence electrons. The summed E-state index contributed by atoms with van der Waals surface area (Å²) in [6.45, 7) is 6.51. The Labute approximate surface area is 90.5 Å². The van der Waals surface area contributed by atoms with Crippen LogP contribution >= 0.6 is 0 Å². The Balaban J connectivity index is 2.19. The SMILES string of the molecule is CC(C)Cc1nc(N)cc(N2CCC2)n1. The fourth-order valence-electron chi connectivity index (χ4n) is 1.67. The van der Waals surface area contributed by atoms with Crippen molar-refractivity contribution in [3.05, 3.63) is 11.9 Å². The first-order valence-electron chi connectivity index (χ1n) is 5.53. The van der Waals surface area contributed by atoms with Crippen LogP contribution < -0.4 is 10.6 Å². The summed E-state index contributed by atoms with van der Waals surface area (Å²) in [6, 6.07) is 1.86. The van der Waals surface area contributed by atoms with Gasteiger partial charge in [0.1, 0.15) is 17.5 Å². The van der Waals surface area contributed by atoms with E-state index in [-0.39, 0.29) is 0 Å². The Bertz CT molecular complexity index is 344. The maximum atomic E-state index is 5.77. The molecule has 1 aliphatic heterocycles. The van der Waals surface area contributed by atoms with Gasteiger partial charge in [-0.2, -0.15) is 0 Å². The first-order chi connectivity index (χ1) is 7.15. The molecule has 4 heteroatoms. The summed E-state index contributed by atoms with van der Waals surface area (Å²) < 4.78 is 0. The van der Waals surface area contributed by atoms with E-state index in [0.717, 1.165) is 31.2 Å². The number of aromatic nitrogens is 2. The molecule has 15 heavy (non-hydrogen) atoms. The fourth-order valence-corrected chi connectivity index (χ4v) is 1.67. The van der Waals surface area contributed by atoms with E-state index in [2.05, 4.69) is 28.7 Å². The van der Waals surface area contributed by atoms with Crippen LogP contribution in [0.1, 0.15) is 26.1 Å². The minimum Gasteiger partial charge on any atom is -0.384 e. The van der Waals surface area contributed by atoms with E-state index in [9.17, 15) is 0 Å². The summed E-state index contributed by atoms with van der Waals surface area (Å²) in [5, 5.41) is 0. The van der Waals surface area contributed by atoms with Crippen molar-refractivity contribution in [3.63, 3.8) is 0 Å². The standard InChI is InChI=1S/C11H18N4/c1-8(2)6-10-13-9(12)7-11(14-10)15-4-3-5-15/h7-8H,3-6H2,1-2H3,(H2,12,13,14). The molecule has 1 saturated heterocycles. The molecule has 2 rings (SSSR count). The lowest BCUT2D eigenvalue weighted by molar-refractivity contribution is 0.594. The Morgan fingerprint density at radius 2 is 2.13 bits per heavy atom. The lowest BCUT2D eigenvalue weighted by atomic mass is 10.1. The van der Waals surface area contributed by atoms with Crippen molar-refractivity contribution in [2.75, 3.05) is 23.7 Å². The molecule has 0 unspecified atom stereocenters. The number of hydrogen-bond donors (Lipinski definition) is 1. The summed E-state index contributed by atoms with van der Waals surface area (Å²) >= 11 is 0. The third kappa shape index (κ3) is 2.37. The maximum Gasteiger partial charge on any atom is 0.134 e. The van der Waals surface area contributed by atoms with Gasteiger partial charge >= 0.3 is 0 Å². The largest absolute Gasteiger partial charge is 0.384 e. The van der Waals surface area contributed by atoms with Crippen LogP contribution in [0.2, 0.25) is 0 Å². The summed E-state index contributed by atoms with van der Waals surface area (Å²) in [5.74, 6) is 3.01. The van der Waals surface area contributed by atoms with E-state index in [1.165, 1.54) is 6.42 Å². The van der Waals surface area contributed by atoms with Crippen molar-refractivity contribution < 1.29 is 0 Å². The van der Waals surface area contributed by atoms with Crippen LogP contribution in [-0.4, -0.2) is 23.1 Å². The van der Waals surface area contributed by atoms with Crippen molar-refractivity contribution >= 4 is 11.6 Å². The van der Waals surface area contributed by atoms with Crippen LogP contribution in [0.4, 0.5) is 11.6 Å². The first-order valence-corrected chi connectivity index (χ1v) is 5.53. The molecule has 0 aromatic carbocycles. The topological polar surface area (TPSA) is 55.0 Å². The monoisotopic (exact) mass is 206 g/mol. The van der Waals surface area contributed by atoms with Gasteiger partial charge in [0.05, 0.1) is 0 Å². The zero-order chi connectivity index (χ0) is 10.8. The van der Waals surface area contributed by atoms with E-state index >= 15 is 0 Å². The van der Waals surface area contributed by atoms with E-state index in [1.807, 2.05) is 6.07 Å². The highest BCUT2D eigenvalue weighted by atomic mass is 15.2. The molecular formula is C11H18N4. The first kappa shape index (κ1) is 10.2. The number of nitrogens with two attached hydrogens (primary N) is 1. The number of anilines is 2. The third-order valence-corrected chi connectivity index (χ3v) is 2.55. The van der Waals surface area contributed by atoms with Gasteiger partial charge in [0.25, 0.3) is 0 Å². The van der Waals surface area contributed by atoms with E-state index < -0.39 is 0 Å². The van der Waals surface area contributed by atoms with Crippen LogP contribution in [0.25, 0.3) is 0 Å². The zero-order valence-electron chi connectivity index (χ0n) is 9.40. The average molecular weight is 206 g/mol. The molecule has 1 aliphatic rings. The predicted molar refractivity (Wildman–Crippen MR) is 61.8 cm³/mol. The molecule has 1 aromatic heterocycles. The molecule has 0 spiro atoms. The van der Waals surface area contributed by atoms with Crippen LogP contribution in [-0.2, 0) is 6.42 Å². The molecule has 4 nitrogen and oxygen atoms in total. The molecule has 0 radical (unpaired) electrons. The van der Waals surface area contributed by atoms with E-state index in [0.29, 0.717) is 11.7 Å². The highest BCUT2D eigenvalue weighted by molar-refractivity contribution is 5.48. The van der Waals surface area contributed by atoms with E-state index in [1.54, 1.807) is 0 Å². The molecule has 2 N–H and O–H groups in total. The minimum absolute atomic E-state index is 0.566. The number of rotatable bonds is 3. The molecule has 1 aromatic rings. The molecule has 0 saturated carbocycles. The maximum absolute atomic E-state index is 5.77. The van der Waals surface area contributed by atoms with Crippen LogP contribution in [0.3, 0.4) is 0 Å². The Hall–Kier alpha value is -1.32. The van der Waals surface area contributed by atoms with Crippen molar-refractivity contribution in [3.8, 4) is 0 Å². The quantitative estimate of drug-likeness (QED) is 0.813. The Morgan fingerprint density at radius 1 is 1.40 bits per heavy atom. The normalized spacial score (nSPS) is 15.5. The lowest BCUT2D eigenvalue weighted by Crippen LogP contribution is -2.37. The van der Waals surface area contributed by atoms with Crippen molar-refractivity contribution in [2.45, 2.75) is 26.7 Å². The van der Waals surface area contributed by atoms with Gasteiger partial charge in [-0.1, -0.05) is 13.8 Å². The number of hydrogen-bond acceptors (Lipinski definition) is 4. The predicted octanol–water partition coefficient (Wildman–Crippen LogP) is 1.47. The average Bonchev–Trinajstić information content (AvgIpc) is 1.96. The molecule has 0 amide bonds. The second-order valence-corrected chi connectivity index (χ2v) is 4.51. The van der Waals surface area contributed by atoms with Gasteiger partial charge in [0, 0.05) is 25.6 Å². The molecule has 1 fully saturated rings.